The van der Waals surface area contributed by atoms with Crippen LogP contribution in [0.15, 0.2) is 0 Å². The Morgan fingerprint density at radius 3 is 1.32 bits per heavy atom. The van der Waals surface area contributed by atoms with Crippen LogP contribution in [0.25, 0.3) is 0 Å². The van der Waals surface area contributed by atoms with Gasteiger partial charge in [-0.15, -0.1) is 0 Å². The van der Waals surface area contributed by atoms with Crippen LogP contribution in [0, 0.1) is 0 Å². The molecule has 0 fully saturated rings. The van der Waals surface area contributed by atoms with Crippen molar-refractivity contribution in [2.75, 3.05) is 0 Å². The minimum absolute atomic E-state index is 0. The van der Waals surface area contributed by atoms with Crippen LogP contribution in [0.4, 0.5) is 0 Å². The maximum Gasteiger partial charge on any atom is 0.303 e. The molecule has 0 unspecified atom stereocenters. The van der Waals surface area contributed by atoms with E-state index in [1.54, 1.807) is 0 Å². The van der Waals surface area contributed by atoms with Crippen molar-refractivity contribution >= 4 is 57.4 Å². The fourth-order valence-electron chi connectivity index (χ4n) is 2.29. The predicted octanol–water partition coefficient (Wildman–Crippen LogP) is 5.17. The van der Waals surface area contributed by atoms with Gasteiger partial charge in [0, 0.05) is 57.8 Å². The zero-order valence-corrected chi connectivity index (χ0v) is 16.4. The molecule has 0 saturated heterocycles. The van der Waals surface area contributed by atoms with E-state index in [-0.39, 0.29) is 51.4 Å². The predicted molar refractivity (Wildman–Crippen MR) is 83.7 cm³/mol. The third-order valence-corrected chi connectivity index (χ3v) is 3.49. The summed E-state index contributed by atoms with van der Waals surface area (Å²) in [6.45, 7) is 2.26. The van der Waals surface area contributed by atoms with Crippen LogP contribution in [-0.4, -0.2) is 62.5 Å². The van der Waals surface area contributed by atoms with E-state index in [2.05, 4.69) is 6.92 Å². The van der Waals surface area contributed by atoms with Gasteiger partial charge in [-0.1, -0.05) is 84.0 Å². The molecular formula is C16H32KO2. The Labute approximate surface area is 162 Å². The quantitative estimate of drug-likeness (QED) is 0.273. The first-order valence-corrected chi connectivity index (χ1v) is 7.99. The van der Waals surface area contributed by atoms with Gasteiger partial charge in [-0.25, -0.2) is 0 Å². The molecule has 0 heterocycles. The van der Waals surface area contributed by atoms with Crippen LogP contribution in [0.3, 0.4) is 0 Å². The van der Waals surface area contributed by atoms with E-state index in [0.29, 0.717) is 6.42 Å². The maximum atomic E-state index is 10.3. The number of carboxylic acids is 1. The molecule has 0 saturated carbocycles. The minimum atomic E-state index is -0.655. The molecule has 3 heteroatoms. The van der Waals surface area contributed by atoms with E-state index < -0.39 is 5.97 Å². The topological polar surface area (TPSA) is 37.3 Å². The smallest absolute Gasteiger partial charge is 0.303 e. The Hall–Kier alpha value is 1.11. The second-order valence-corrected chi connectivity index (χ2v) is 5.39. The molecule has 0 aromatic heterocycles. The molecule has 19 heavy (non-hydrogen) atoms. The third-order valence-electron chi connectivity index (χ3n) is 3.49. The van der Waals surface area contributed by atoms with E-state index in [0.717, 1.165) is 12.8 Å². The first-order valence-electron chi connectivity index (χ1n) is 7.99. The number of hydrogen-bond donors (Lipinski definition) is 1. The summed E-state index contributed by atoms with van der Waals surface area (Å²) in [5.41, 5.74) is 0. The Morgan fingerprint density at radius 1 is 0.684 bits per heavy atom. The van der Waals surface area contributed by atoms with Crippen LogP contribution in [0.5, 0.6) is 0 Å². The van der Waals surface area contributed by atoms with Gasteiger partial charge in [-0.3, -0.25) is 4.79 Å². The molecule has 0 spiro atoms. The molecule has 0 aromatic carbocycles. The summed E-state index contributed by atoms with van der Waals surface area (Å²) in [4.78, 5) is 10.3. The Kier molecular flexibility index (Phi) is 22.5. The van der Waals surface area contributed by atoms with Crippen LogP contribution < -0.4 is 0 Å². The van der Waals surface area contributed by atoms with Gasteiger partial charge >= 0.3 is 5.97 Å². The largest absolute Gasteiger partial charge is 0.481 e. The fraction of sp³-hybridized carbons (Fsp3) is 0.938. The van der Waals surface area contributed by atoms with E-state index in [9.17, 15) is 4.79 Å². The second kappa shape index (κ2) is 19.1. The maximum absolute atomic E-state index is 10.3. The van der Waals surface area contributed by atoms with Gasteiger partial charge < -0.3 is 5.11 Å². The summed E-state index contributed by atoms with van der Waals surface area (Å²) >= 11 is 0. The number of aliphatic carboxylic acids is 1. The normalized spacial score (nSPS) is 10.2. The molecule has 2 nitrogen and oxygen atoms in total. The number of hydrogen-bond acceptors (Lipinski definition) is 1. The molecule has 0 aromatic rings. The molecule has 0 aliphatic carbocycles. The first kappa shape index (κ1) is 22.4. The van der Waals surface area contributed by atoms with Gasteiger partial charge in [0.1, 0.15) is 0 Å². The van der Waals surface area contributed by atoms with Crippen molar-refractivity contribution in [2.24, 2.45) is 0 Å². The van der Waals surface area contributed by atoms with Crippen LogP contribution >= 0.6 is 0 Å². The summed E-state index contributed by atoms with van der Waals surface area (Å²) in [6, 6.07) is 0. The Balaban J connectivity index is 0. The van der Waals surface area contributed by atoms with Crippen LogP contribution in [0.1, 0.15) is 96.8 Å². The van der Waals surface area contributed by atoms with Gasteiger partial charge in [0.15, 0.2) is 0 Å². The van der Waals surface area contributed by atoms with Crippen molar-refractivity contribution < 1.29 is 9.90 Å². The molecule has 0 bridgehead atoms. The van der Waals surface area contributed by atoms with Crippen molar-refractivity contribution in [3.63, 3.8) is 0 Å². The summed E-state index contributed by atoms with van der Waals surface area (Å²) in [7, 11) is 0. The SMILES string of the molecule is CCCCCCC[13CH2]C[13CH2]C[13CH2]C[13CH2]C[13C](=O)O.[K]. The molecule has 0 amide bonds. The molecule has 0 rings (SSSR count). The van der Waals surface area contributed by atoms with Gasteiger partial charge in [0.25, 0.3) is 0 Å². The van der Waals surface area contributed by atoms with Crippen molar-refractivity contribution in [1.29, 1.82) is 0 Å². The van der Waals surface area contributed by atoms with Gasteiger partial charge in [-0.2, -0.15) is 0 Å². The summed E-state index contributed by atoms with van der Waals surface area (Å²) < 4.78 is 0. The zero-order chi connectivity index (χ0) is 13.5. The minimum Gasteiger partial charge on any atom is -0.481 e. The molecule has 1 N–H and O–H groups in total. The number of unbranched alkanes of at least 4 members (excludes halogenated alkanes) is 12. The van der Waals surface area contributed by atoms with E-state index in [1.165, 1.54) is 70.6 Å². The van der Waals surface area contributed by atoms with E-state index in [1.807, 2.05) is 0 Å². The second-order valence-electron chi connectivity index (χ2n) is 5.39. The van der Waals surface area contributed by atoms with Crippen molar-refractivity contribution in [1.82, 2.24) is 0 Å². The van der Waals surface area contributed by atoms with Crippen LogP contribution in [-0.2, 0) is 4.79 Å². The van der Waals surface area contributed by atoms with E-state index in [4.69, 9.17) is 5.11 Å². The Morgan fingerprint density at radius 2 is 1.00 bits per heavy atom. The third kappa shape index (κ3) is 21.6. The average Bonchev–Trinajstić information content (AvgIpc) is 2.34. The van der Waals surface area contributed by atoms with Gasteiger partial charge in [0.05, 0.1) is 0 Å². The summed E-state index contributed by atoms with van der Waals surface area (Å²) in [5, 5.41) is 8.49. The molecule has 0 aliphatic heterocycles. The number of rotatable bonds is 14. The zero-order valence-electron chi connectivity index (χ0n) is 13.3. The molecule has 0 aliphatic rings. The standard InChI is InChI=1S/C16H32O2.K/c1-2-3-4-5-6-7-8-9-10-11-12-13-14-15-16(17)18;/h2-15H2,1H3,(H,17,18);/i8+1,10+1,12+1,14+1,16+1;. The van der Waals surface area contributed by atoms with Crippen molar-refractivity contribution in [3.8, 4) is 0 Å². The summed E-state index contributed by atoms with van der Waals surface area (Å²) in [5.74, 6) is -0.655. The number of carbonyl (C=O) groups is 1. The van der Waals surface area contributed by atoms with Crippen LogP contribution in [0.2, 0.25) is 0 Å². The molecular weight excluding hydrogens is 268 g/mol. The first-order chi connectivity index (χ1) is 8.77. The van der Waals surface area contributed by atoms with Crippen molar-refractivity contribution in [3.05, 3.63) is 0 Å². The monoisotopic (exact) mass is 300 g/mol. The summed E-state index contributed by atoms with van der Waals surface area (Å²) in [6.07, 6.45) is 17.3. The molecule has 109 valence electrons. The number of carboxylic acid groups (broad SMARTS) is 1. The van der Waals surface area contributed by atoms with Crippen molar-refractivity contribution in [2.45, 2.75) is 96.8 Å². The van der Waals surface area contributed by atoms with Gasteiger partial charge in [-0.05, 0) is 6.42 Å². The van der Waals surface area contributed by atoms with E-state index >= 15 is 0 Å². The molecule has 0 atom stereocenters. The Bertz CT molecular complexity index is 184. The average molecular weight is 300 g/mol. The molecule has 1 radical (unpaired) electrons. The fourth-order valence-corrected chi connectivity index (χ4v) is 2.29. The van der Waals surface area contributed by atoms with Gasteiger partial charge in [0.2, 0.25) is 0 Å².